The number of carboxylic acids is 1. The molecule has 4 aromatic rings. The van der Waals surface area contributed by atoms with Crippen molar-refractivity contribution in [1.29, 1.82) is 0 Å². The Balaban J connectivity index is 1.64. The summed E-state index contributed by atoms with van der Waals surface area (Å²) in [7, 11) is 0. The zero-order chi connectivity index (χ0) is 26.9. The molecular weight excluding hydrogens is 478 g/mol. The van der Waals surface area contributed by atoms with Gasteiger partial charge in [-0.05, 0) is 47.4 Å². The van der Waals surface area contributed by atoms with Crippen molar-refractivity contribution in [3.8, 4) is 11.1 Å². The van der Waals surface area contributed by atoms with Gasteiger partial charge in [0, 0.05) is 43.2 Å². The van der Waals surface area contributed by atoms with Crippen LogP contribution in [0.3, 0.4) is 0 Å². The third kappa shape index (κ3) is 6.70. The number of amides is 2. The minimum atomic E-state index is -0.988. The average molecular weight is 508 g/mol. The van der Waals surface area contributed by atoms with E-state index in [1.54, 1.807) is 48.8 Å². The fourth-order valence-corrected chi connectivity index (χ4v) is 4.29. The van der Waals surface area contributed by atoms with Crippen LogP contribution in [0.4, 0.5) is 0 Å². The Morgan fingerprint density at radius 2 is 1.53 bits per heavy atom. The van der Waals surface area contributed by atoms with Crippen LogP contribution in [0.25, 0.3) is 11.1 Å². The Morgan fingerprint density at radius 3 is 2.21 bits per heavy atom. The summed E-state index contributed by atoms with van der Waals surface area (Å²) in [5.41, 5.74) is 4.97. The highest BCUT2D eigenvalue weighted by atomic mass is 16.4. The topological polar surface area (TPSA) is 99.6 Å². The predicted octanol–water partition coefficient (Wildman–Crippen LogP) is 5.10. The van der Waals surface area contributed by atoms with Crippen molar-refractivity contribution in [3.63, 3.8) is 0 Å². The second-order valence-corrected chi connectivity index (χ2v) is 8.99. The van der Waals surface area contributed by atoms with Crippen molar-refractivity contribution < 1.29 is 19.5 Å². The molecule has 38 heavy (non-hydrogen) atoms. The van der Waals surface area contributed by atoms with E-state index in [1.165, 1.54) is 4.90 Å². The van der Waals surface area contributed by atoms with Gasteiger partial charge in [0.15, 0.2) is 0 Å². The molecule has 192 valence electrons. The molecule has 1 aromatic heterocycles. The van der Waals surface area contributed by atoms with E-state index in [2.05, 4.69) is 10.3 Å². The lowest BCUT2D eigenvalue weighted by Gasteiger charge is -2.24. The molecule has 0 aliphatic rings. The van der Waals surface area contributed by atoms with Crippen LogP contribution in [-0.4, -0.2) is 39.3 Å². The molecule has 0 fully saturated rings. The van der Waals surface area contributed by atoms with E-state index >= 15 is 0 Å². The molecule has 0 unspecified atom stereocenters. The number of aromatic nitrogens is 1. The summed E-state index contributed by atoms with van der Waals surface area (Å²) < 4.78 is 0. The van der Waals surface area contributed by atoms with Crippen molar-refractivity contribution in [3.05, 3.63) is 125 Å². The lowest BCUT2D eigenvalue weighted by atomic mass is 9.94. The lowest BCUT2D eigenvalue weighted by molar-refractivity contribution is -0.137. The van der Waals surface area contributed by atoms with Crippen LogP contribution in [0.15, 0.2) is 97.3 Å². The smallest absolute Gasteiger partial charge is 0.305 e. The Labute approximate surface area is 221 Å². The molecule has 2 N–H and O–H groups in total. The summed E-state index contributed by atoms with van der Waals surface area (Å²) in [6, 6.07) is 25.8. The molecule has 0 bridgehead atoms. The molecule has 0 saturated carbocycles. The van der Waals surface area contributed by atoms with Gasteiger partial charge in [-0.2, -0.15) is 0 Å². The molecule has 3 aromatic carbocycles. The van der Waals surface area contributed by atoms with Crippen molar-refractivity contribution in [1.82, 2.24) is 15.2 Å². The van der Waals surface area contributed by atoms with Crippen LogP contribution < -0.4 is 5.32 Å². The molecule has 7 nitrogen and oxygen atoms in total. The summed E-state index contributed by atoms with van der Waals surface area (Å²) in [6.45, 7) is 2.63. The van der Waals surface area contributed by atoms with Gasteiger partial charge in [0.1, 0.15) is 0 Å². The molecule has 1 heterocycles. The van der Waals surface area contributed by atoms with Crippen molar-refractivity contribution >= 4 is 17.8 Å². The van der Waals surface area contributed by atoms with Crippen molar-refractivity contribution in [2.75, 3.05) is 6.54 Å². The number of nitrogens with zero attached hydrogens (tertiary/aromatic N) is 2. The quantitative estimate of drug-likeness (QED) is 0.311. The average Bonchev–Trinajstić information content (AvgIpc) is 2.94. The zero-order valence-corrected chi connectivity index (χ0v) is 21.1. The zero-order valence-electron chi connectivity index (χ0n) is 21.1. The van der Waals surface area contributed by atoms with Gasteiger partial charge in [0.05, 0.1) is 6.42 Å². The van der Waals surface area contributed by atoms with E-state index in [0.29, 0.717) is 28.8 Å². The molecule has 0 spiro atoms. The van der Waals surface area contributed by atoms with Gasteiger partial charge < -0.3 is 15.3 Å². The number of pyridine rings is 1. The number of rotatable bonds is 10. The van der Waals surface area contributed by atoms with Crippen LogP contribution in [0.2, 0.25) is 0 Å². The first-order valence-electron chi connectivity index (χ1n) is 12.3. The molecule has 0 aliphatic heterocycles. The second kappa shape index (κ2) is 12.5. The number of carbonyl (C=O) groups excluding carboxylic acids is 2. The van der Waals surface area contributed by atoms with Crippen LogP contribution in [0, 0.1) is 6.92 Å². The van der Waals surface area contributed by atoms with Gasteiger partial charge in [-0.15, -0.1) is 0 Å². The van der Waals surface area contributed by atoms with Gasteiger partial charge in [-0.1, -0.05) is 72.3 Å². The normalized spacial score (nSPS) is 10.6. The van der Waals surface area contributed by atoms with E-state index in [9.17, 15) is 19.5 Å². The van der Waals surface area contributed by atoms with Gasteiger partial charge >= 0.3 is 5.97 Å². The summed E-state index contributed by atoms with van der Waals surface area (Å²) >= 11 is 0. The van der Waals surface area contributed by atoms with E-state index in [1.807, 2.05) is 55.5 Å². The molecule has 7 heteroatoms. The third-order valence-corrected chi connectivity index (χ3v) is 6.13. The molecule has 2 amide bonds. The fourth-order valence-electron chi connectivity index (χ4n) is 4.29. The summed E-state index contributed by atoms with van der Waals surface area (Å²) in [4.78, 5) is 44.0. The SMILES string of the molecule is Cc1cccc(CNC(=O)c2ccccc2-c2ccccc2C(=O)N(CCC(=O)O)Cc2cccnc2)c1. The Hall–Kier alpha value is -4.78. The van der Waals surface area contributed by atoms with Crippen LogP contribution in [0.5, 0.6) is 0 Å². The van der Waals surface area contributed by atoms with E-state index < -0.39 is 5.97 Å². The number of carboxylic acid groups (broad SMARTS) is 1. The van der Waals surface area contributed by atoms with Crippen LogP contribution in [0.1, 0.15) is 43.8 Å². The first-order valence-corrected chi connectivity index (χ1v) is 12.3. The van der Waals surface area contributed by atoms with Crippen LogP contribution >= 0.6 is 0 Å². The number of hydrogen-bond acceptors (Lipinski definition) is 4. The Bertz CT molecular complexity index is 1440. The van der Waals surface area contributed by atoms with Crippen molar-refractivity contribution in [2.24, 2.45) is 0 Å². The maximum Gasteiger partial charge on any atom is 0.305 e. The van der Waals surface area contributed by atoms with E-state index in [-0.39, 0.29) is 31.3 Å². The first-order chi connectivity index (χ1) is 18.4. The van der Waals surface area contributed by atoms with E-state index in [4.69, 9.17) is 0 Å². The van der Waals surface area contributed by atoms with Gasteiger partial charge in [0.25, 0.3) is 11.8 Å². The molecule has 4 rings (SSSR count). The largest absolute Gasteiger partial charge is 0.481 e. The fraction of sp³-hybridized carbons (Fsp3) is 0.161. The minimum absolute atomic E-state index is 0.0377. The third-order valence-electron chi connectivity index (χ3n) is 6.13. The minimum Gasteiger partial charge on any atom is -0.481 e. The number of hydrogen-bond donors (Lipinski definition) is 2. The number of aliphatic carboxylic acids is 1. The number of carbonyl (C=O) groups is 3. The lowest BCUT2D eigenvalue weighted by Crippen LogP contribution is -2.33. The maximum absolute atomic E-state index is 13.8. The summed E-state index contributed by atoms with van der Waals surface area (Å²) in [6.07, 6.45) is 3.11. The highest BCUT2D eigenvalue weighted by molar-refractivity contribution is 6.06. The molecule has 0 saturated heterocycles. The van der Waals surface area contributed by atoms with Gasteiger partial charge in [0.2, 0.25) is 0 Å². The van der Waals surface area contributed by atoms with Gasteiger partial charge in [-0.25, -0.2) is 0 Å². The second-order valence-electron chi connectivity index (χ2n) is 8.99. The highest BCUT2D eigenvalue weighted by Crippen LogP contribution is 2.29. The number of nitrogens with one attached hydrogen (secondary N) is 1. The summed E-state index contributed by atoms with van der Waals surface area (Å²) in [5.74, 6) is -1.55. The molecule has 0 aliphatic carbocycles. The van der Waals surface area contributed by atoms with Gasteiger partial charge in [-0.3, -0.25) is 19.4 Å². The number of benzene rings is 3. The highest BCUT2D eigenvalue weighted by Gasteiger charge is 2.23. The Kier molecular flexibility index (Phi) is 8.61. The molecule has 0 radical (unpaired) electrons. The van der Waals surface area contributed by atoms with E-state index in [0.717, 1.165) is 16.7 Å². The first kappa shape index (κ1) is 26.3. The Morgan fingerprint density at radius 1 is 0.842 bits per heavy atom. The predicted molar refractivity (Wildman–Crippen MR) is 145 cm³/mol. The monoisotopic (exact) mass is 507 g/mol. The summed E-state index contributed by atoms with van der Waals surface area (Å²) in [5, 5.41) is 12.2. The maximum atomic E-state index is 13.8. The van der Waals surface area contributed by atoms with Crippen LogP contribution in [-0.2, 0) is 17.9 Å². The van der Waals surface area contributed by atoms with Crippen molar-refractivity contribution in [2.45, 2.75) is 26.4 Å². The molecular formula is C31H29N3O4. The standard InChI is InChI=1S/C31H29N3O4/c1-22-8-6-9-23(18-22)20-33-30(37)27-13-4-2-11-25(27)26-12-3-5-14-28(26)31(38)34(17-15-29(35)36)21-24-10-7-16-32-19-24/h2-14,16,18-19H,15,17,20-21H2,1H3,(H,33,37)(H,35,36). The molecule has 0 atom stereocenters. The number of aryl methyl sites for hydroxylation is 1.